The SMILES string of the molecule is CCCC(CC)c1cn2cc(C(=O)Nc3cccc(C(F)(F)F)n3)ccc2n1.O=C(O)C(F)(F)F. The van der Waals surface area contributed by atoms with Crippen molar-refractivity contribution >= 4 is 23.3 Å². The fourth-order valence-corrected chi connectivity index (χ4v) is 3.10. The van der Waals surface area contributed by atoms with E-state index in [4.69, 9.17) is 9.90 Å². The summed E-state index contributed by atoms with van der Waals surface area (Å²) in [4.78, 5) is 29.4. The molecule has 0 saturated heterocycles. The van der Waals surface area contributed by atoms with E-state index in [1.54, 1.807) is 22.7 Å². The van der Waals surface area contributed by atoms with E-state index in [2.05, 4.69) is 29.1 Å². The van der Waals surface area contributed by atoms with E-state index in [1.807, 2.05) is 6.20 Å². The van der Waals surface area contributed by atoms with Gasteiger partial charge in [-0.3, -0.25) is 4.79 Å². The molecule has 0 aliphatic carbocycles. The number of aromatic nitrogens is 3. The highest BCUT2D eigenvalue weighted by Gasteiger charge is 2.38. The van der Waals surface area contributed by atoms with Crippen molar-refractivity contribution in [1.29, 1.82) is 0 Å². The molecule has 7 nitrogen and oxygen atoms in total. The van der Waals surface area contributed by atoms with Crippen LogP contribution in [0.15, 0.2) is 42.7 Å². The largest absolute Gasteiger partial charge is 0.490 e. The maximum atomic E-state index is 12.8. The summed E-state index contributed by atoms with van der Waals surface area (Å²) in [5.41, 5.74) is 0.945. The van der Waals surface area contributed by atoms with Gasteiger partial charge in [-0.1, -0.05) is 26.3 Å². The number of amides is 1. The number of carbonyl (C=O) groups is 2. The Labute approximate surface area is 195 Å². The Bertz CT molecular complexity index is 1170. The van der Waals surface area contributed by atoms with Crippen molar-refractivity contribution in [2.45, 2.75) is 51.4 Å². The van der Waals surface area contributed by atoms with Gasteiger partial charge in [-0.2, -0.15) is 26.3 Å². The van der Waals surface area contributed by atoms with E-state index in [0.29, 0.717) is 11.5 Å². The van der Waals surface area contributed by atoms with Crippen LogP contribution in [-0.4, -0.2) is 37.5 Å². The van der Waals surface area contributed by atoms with Crippen LogP contribution < -0.4 is 5.32 Å². The number of anilines is 1. The normalized spacial score (nSPS) is 12.6. The minimum atomic E-state index is -5.08. The van der Waals surface area contributed by atoms with Gasteiger partial charge in [0.15, 0.2) is 0 Å². The van der Waals surface area contributed by atoms with Gasteiger partial charge in [-0.25, -0.2) is 14.8 Å². The Morgan fingerprint density at radius 2 is 1.69 bits per heavy atom. The number of hydrogen-bond acceptors (Lipinski definition) is 4. The molecule has 3 rings (SSSR count). The highest BCUT2D eigenvalue weighted by molar-refractivity contribution is 6.03. The first-order valence-electron chi connectivity index (χ1n) is 10.4. The quantitative estimate of drug-likeness (QED) is 0.406. The summed E-state index contributed by atoms with van der Waals surface area (Å²) in [5, 5.41) is 9.54. The van der Waals surface area contributed by atoms with E-state index < -0.39 is 29.9 Å². The fourth-order valence-electron chi connectivity index (χ4n) is 3.10. The lowest BCUT2D eigenvalue weighted by molar-refractivity contribution is -0.192. The maximum absolute atomic E-state index is 12.8. The molecular weight excluding hydrogens is 482 g/mol. The first kappa shape index (κ1) is 27.6. The zero-order chi connectivity index (χ0) is 26.4. The molecule has 0 aliphatic rings. The number of carboxylic acid groups (broad SMARTS) is 1. The number of rotatable bonds is 6. The lowest BCUT2D eigenvalue weighted by Gasteiger charge is -2.09. The van der Waals surface area contributed by atoms with Crippen LogP contribution in [0.1, 0.15) is 60.8 Å². The molecule has 0 aliphatic heterocycles. The van der Waals surface area contributed by atoms with Crippen molar-refractivity contribution in [1.82, 2.24) is 14.4 Å². The number of nitrogens with zero attached hydrogens (tertiary/aromatic N) is 3. The number of alkyl halides is 6. The van der Waals surface area contributed by atoms with Crippen LogP contribution in [0, 0.1) is 0 Å². The van der Waals surface area contributed by atoms with Crippen LogP contribution in [0.2, 0.25) is 0 Å². The van der Waals surface area contributed by atoms with Crippen LogP contribution in [0.3, 0.4) is 0 Å². The average Bonchev–Trinajstić information content (AvgIpc) is 3.20. The van der Waals surface area contributed by atoms with Gasteiger partial charge in [0.05, 0.1) is 11.3 Å². The predicted molar refractivity (Wildman–Crippen MR) is 114 cm³/mol. The molecule has 1 unspecified atom stereocenters. The lowest BCUT2D eigenvalue weighted by Crippen LogP contribution is -2.21. The molecule has 0 saturated carbocycles. The highest BCUT2D eigenvalue weighted by atomic mass is 19.4. The molecule has 3 heterocycles. The first-order chi connectivity index (χ1) is 16.3. The summed E-state index contributed by atoms with van der Waals surface area (Å²) in [7, 11) is 0. The molecule has 0 aromatic carbocycles. The fraction of sp³-hybridized carbons (Fsp3) is 0.364. The summed E-state index contributed by atoms with van der Waals surface area (Å²) in [5.74, 6) is -3.09. The molecule has 3 aromatic rings. The number of halogens is 6. The number of fused-ring (bicyclic) bond motifs is 1. The van der Waals surface area contributed by atoms with Gasteiger partial charge in [-0.15, -0.1) is 0 Å². The van der Waals surface area contributed by atoms with Crippen LogP contribution in [0.5, 0.6) is 0 Å². The lowest BCUT2D eigenvalue weighted by atomic mass is 9.98. The predicted octanol–water partition coefficient (Wildman–Crippen LogP) is 5.93. The van der Waals surface area contributed by atoms with Gasteiger partial charge in [0.2, 0.25) is 0 Å². The van der Waals surface area contributed by atoms with E-state index in [1.165, 1.54) is 12.1 Å². The summed E-state index contributed by atoms with van der Waals surface area (Å²) in [6.07, 6.45) is -3.06. The molecule has 0 bridgehead atoms. The van der Waals surface area contributed by atoms with E-state index in [0.717, 1.165) is 36.7 Å². The van der Waals surface area contributed by atoms with Crippen molar-refractivity contribution in [3.05, 3.63) is 59.7 Å². The number of imidazole rings is 1. The Balaban J connectivity index is 0.000000540. The molecule has 190 valence electrons. The van der Waals surface area contributed by atoms with Crippen LogP contribution >= 0.6 is 0 Å². The first-order valence-corrected chi connectivity index (χ1v) is 10.4. The molecule has 1 atom stereocenters. The Morgan fingerprint density at radius 1 is 1.03 bits per heavy atom. The molecular formula is C22H22F6N4O3. The smallest absolute Gasteiger partial charge is 0.475 e. The van der Waals surface area contributed by atoms with Crippen molar-refractivity contribution < 1.29 is 41.0 Å². The van der Waals surface area contributed by atoms with Crippen molar-refractivity contribution in [3.63, 3.8) is 0 Å². The maximum Gasteiger partial charge on any atom is 0.490 e. The zero-order valence-electron chi connectivity index (χ0n) is 18.6. The molecule has 3 aromatic heterocycles. The molecule has 0 spiro atoms. The monoisotopic (exact) mass is 504 g/mol. The van der Waals surface area contributed by atoms with Crippen LogP contribution in [-0.2, 0) is 11.0 Å². The van der Waals surface area contributed by atoms with Crippen LogP contribution in [0.4, 0.5) is 32.2 Å². The molecule has 0 fully saturated rings. The third-order valence-electron chi connectivity index (χ3n) is 4.80. The third-order valence-corrected chi connectivity index (χ3v) is 4.80. The Morgan fingerprint density at radius 3 is 2.23 bits per heavy atom. The molecule has 2 N–H and O–H groups in total. The van der Waals surface area contributed by atoms with Gasteiger partial charge in [0, 0.05) is 18.3 Å². The molecule has 35 heavy (non-hydrogen) atoms. The second-order valence-electron chi connectivity index (χ2n) is 7.41. The van der Waals surface area contributed by atoms with Gasteiger partial charge < -0.3 is 14.8 Å². The second-order valence-corrected chi connectivity index (χ2v) is 7.41. The highest BCUT2D eigenvalue weighted by Crippen LogP contribution is 2.28. The Kier molecular flexibility index (Phi) is 8.83. The van der Waals surface area contributed by atoms with Crippen molar-refractivity contribution in [2.75, 3.05) is 5.32 Å². The Hall–Kier alpha value is -3.64. The number of nitrogens with one attached hydrogen (secondary N) is 1. The minimum Gasteiger partial charge on any atom is -0.475 e. The third kappa shape index (κ3) is 7.69. The number of carboxylic acids is 1. The minimum absolute atomic E-state index is 0.153. The number of carbonyl (C=O) groups excluding carboxylic acids is 1. The topological polar surface area (TPSA) is 96.6 Å². The van der Waals surface area contributed by atoms with Gasteiger partial charge >= 0.3 is 18.3 Å². The average molecular weight is 504 g/mol. The van der Waals surface area contributed by atoms with Gasteiger partial charge in [-0.05, 0) is 37.1 Å². The van der Waals surface area contributed by atoms with E-state index in [-0.39, 0.29) is 5.82 Å². The van der Waals surface area contributed by atoms with Gasteiger partial charge in [0.25, 0.3) is 5.91 Å². The molecule has 1 amide bonds. The summed E-state index contributed by atoms with van der Waals surface area (Å²) in [6.45, 7) is 4.24. The number of aliphatic carboxylic acids is 1. The molecule has 0 radical (unpaired) electrons. The van der Waals surface area contributed by atoms with E-state index in [9.17, 15) is 31.1 Å². The summed E-state index contributed by atoms with van der Waals surface area (Å²) < 4.78 is 71.8. The van der Waals surface area contributed by atoms with Crippen LogP contribution in [0.25, 0.3) is 5.65 Å². The number of pyridine rings is 2. The van der Waals surface area contributed by atoms with E-state index >= 15 is 0 Å². The van der Waals surface area contributed by atoms with Gasteiger partial charge in [0.1, 0.15) is 17.2 Å². The zero-order valence-corrected chi connectivity index (χ0v) is 18.6. The summed E-state index contributed by atoms with van der Waals surface area (Å²) in [6, 6.07) is 6.69. The second kappa shape index (κ2) is 11.2. The standard InChI is InChI=1S/C20H21F3N4O.C2HF3O2/c1-3-6-13(4-2)15-12-27-11-14(9-10-18(27)24-15)19(28)26-17-8-5-7-16(25-17)20(21,22)23;3-2(4,5)1(6)7/h5,7-13H,3-4,6H2,1-2H3,(H,25,26,28);(H,6,7). The molecule has 13 heteroatoms. The van der Waals surface area contributed by atoms with Crippen molar-refractivity contribution in [2.24, 2.45) is 0 Å². The van der Waals surface area contributed by atoms with Crippen molar-refractivity contribution in [3.8, 4) is 0 Å². The number of hydrogen-bond donors (Lipinski definition) is 2. The summed E-state index contributed by atoms with van der Waals surface area (Å²) >= 11 is 0.